The summed E-state index contributed by atoms with van der Waals surface area (Å²) in [5.41, 5.74) is 0.914. The van der Waals surface area contributed by atoms with Crippen LogP contribution in [0.25, 0.3) is 0 Å². The summed E-state index contributed by atoms with van der Waals surface area (Å²) < 4.78 is 19.1. The number of hydrogen-bond acceptors (Lipinski definition) is 3. The molecule has 0 aliphatic rings. The molecule has 3 nitrogen and oxygen atoms in total. The number of pyridine rings is 1. The maximum atomic E-state index is 13.1. The fourth-order valence-corrected chi connectivity index (χ4v) is 2.02. The van der Waals surface area contributed by atoms with Gasteiger partial charge in [0.15, 0.2) is 0 Å². The molecule has 0 amide bonds. The molecule has 20 heavy (non-hydrogen) atoms. The lowest BCUT2D eigenvalue weighted by molar-refractivity contribution is 0.457. The summed E-state index contributed by atoms with van der Waals surface area (Å²) in [5, 5.41) is 3.28. The van der Waals surface area contributed by atoms with E-state index in [1.807, 2.05) is 12.1 Å². The van der Waals surface area contributed by atoms with Gasteiger partial charge in [-0.1, -0.05) is 13.0 Å². The summed E-state index contributed by atoms with van der Waals surface area (Å²) in [4.78, 5) is 4.40. The van der Waals surface area contributed by atoms with Crippen molar-refractivity contribution in [3.63, 3.8) is 0 Å². The van der Waals surface area contributed by atoms with Crippen molar-refractivity contribution in [2.24, 2.45) is 0 Å². The van der Waals surface area contributed by atoms with Gasteiger partial charge in [-0.05, 0) is 53.2 Å². The summed E-state index contributed by atoms with van der Waals surface area (Å²) in [7, 11) is 0. The van der Waals surface area contributed by atoms with Gasteiger partial charge < -0.3 is 10.1 Å². The second-order valence-electron chi connectivity index (χ2n) is 4.32. The smallest absolute Gasteiger partial charge is 0.219 e. The number of ether oxygens (including phenoxy) is 1. The molecule has 1 N–H and O–H groups in total. The van der Waals surface area contributed by atoms with Gasteiger partial charge in [0.1, 0.15) is 11.6 Å². The monoisotopic (exact) mass is 338 g/mol. The van der Waals surface area contributed by atoms with Gasteiger partial charge in [-0.3, -0.25) is 0 Å². The SMILES string of the molecule is CCCNCc1cccc(Oc2ccc(F)c(Br)c2)n1. The summed E-state index contributed by atoms with van der Waals surface area (Å²) in [6, 6.07) is 10.1. The van der Waals surface area contributed by atoms with E-state index in [9.17, 15) is 4.39 Å². The van der Waals surface area contributed by atoms with Crippen molar-refractivity contribution >= 4 is 15.9 Å². The van der Waals surface area contributed by atoms with Crippen LogP contribution >= 0.6 is 15.9 Å². The zero-order chi connectivity index (χ0) is 14.4. The van der Waals surface area contributed by atoms with Crippen LogP contribution in [0.3, 0.4) is 0 Å². The van der Waals surface area contributed by atoms with Gasteiger partial charge in [0.25, 0.3) is 0 Å². The van der Waals surface area contributed by atoms with E-state index in [1.54, 1.807) is 18.2 Å². The van der Waals surface area contributed by atoms with E-state index in [2.05, 4.69) is 33.2 Å². The van der Waals surface area contributed by atoms with E-state index in [4.69, 9.17) is 4.74 Å². The van der Waals surface area contributed by atoms with Crippen LogP contribution in [0.1, 0.15) is 19.0 Å². The lowest BCUT2D eigenvalue weighted by Crippen LogP contribution is -2.14. The Balaban J connectivity index is 2.05. The Labute approximate surface area is 126 Å². The van der Waals surface area contributed by atoms with Crippen molar-refractivity contribution in [2.45, 2.75) is 19.9 Å². The quantitative estimate of drug-likeness (QED) is 0.798. The van der Waals surface area contributed by atoms with E-state index in [-0.39, 0.29) is 5.82 Å². The van der Waals surface area contributed by atoms with Crippen molar-refractivity contribution in [2.75, 3.05) is 6.54 Å². The van der Waals surface area contributed by atoms with Gasteiger partial charge in [0.05, 0.1) is 10.2 Å². The van der Waals surface area contributed by atoms with Gasteiger partial charge >= 0.3 is 0 Å². The second-order valence-corrected chi connectivity index (χ2v) is 5.18. The van der Waals surface area contributed by atoms with Crippen molar-refractivity contribution < 1.29 is 9.13 Å². The van der Waals surface area contributed by atoms with Crippen molar-refractivity contribution in [1.82, 2.24) is 10.3 Å². The average molecular weight is 339 g/mol. The normalized spacial score (nSPS) is 10.6. The minimum absolute atomic E-state index is 0.317. The predicted octanol–water partition coefficient (Wildman–Crippen LogP) is 4.28. The molecule has 0 spiro atoms. The molecule has 1 heterocycles. The first-order valence-electron chi connectivity index (χ1n) is 6.48. The fourth-order valence-electron chi connectivity index (χ4n) is 1.67. The number of nitrogens with one attached hydrogen (secondary N) is 1. The molecule has 0 aliphatic heterocycles. The van der Waals surface area contributed by atoms with Crippen molar-refractivity contribution in [1.29, 1.82) is 0 Å². The van der Waals surface area contributed by atoms with E-state index < -0.39 is 0 Å². The third kappa shape index (κ3) is 4.28. The minimum atomic E-state index is -0.317. The Hall–Kier alpha value is -1.46. The molecule has 0 saturated carbocycles. The maximum absolute atomic E-state index is 13.1. The number of aromatic nitrogens is 1. The molecule has 0 aliphatic carbocycles. The summed E-state index contributed by atoms with van der Waals surface area (Å²) in [6.45, 7) is 3.78. The molecule has 2 aromatic rings. The maximum Gasteiger partial charge on any atom is 0.219 e. The number of rotatable bonds is 6. The molecule has 0 bridgehead atoms. The number of halogens is 2. The summed E-state index contributed by atoms with van der Waals surface area (Å²) >= 11 is 3.13. The second kappa shape index (κ2) is 7.36. The van der Waals surface area contributed by atoms with Crippen LogP contribution in [0.5, 0.6) is 11.6 Å². The highest BCUT2D eigenvalue weighted by molar-refractivity contribution is 9.10. The van der Waals surface area contributed by atoms with Crippen LogP contribution < -0.4 is 10.1 Å². The Morgan fingerprint density at radius 1 is 1.30 bits per heavy atom. The topological polar surface area (TPSA) is 34.1 Å². The molecule has 0 saturated heterocycles. The molecular weight excluding hydrogens is 323 g/mol. The van der Waals surface area contributed by atoms with E-state index in [0.717, 1.165) is 18.7 Å². The van der Waals surface area contributed by atoms with Gasteiger partial charge in [0.2, 0.25) is 5.88 Å². The standard InChI is InChI=1S/C15H16BrFN2O/c1-2-8-18-10-11-4-3-5-15(19-11)20-12-6-7-14(17)13(16)9-12/h3-7,9,18H,2,8,10H2,1H3. The zero-order valence-corrected chi connectivity index (χ0v) is 12.8. The molecule has 5 heteroatoms. The van der Waals surface area contributed by atoms with Gasteiger partial charge in [0, 0.05) is 12.6 Å². The highest BCUT2D eigenvalue weighted by Gasteiger charge is 2.04. The molecule has 0 unspecified atom stereocenters. The van der Waals surface area contributed by atoms with Gasteiger partial charge in [-0.2, -0.15) is 0 Å². The molecule has 1 aromatic heterocycles. The van der Waals surface area contributed by atoms with Crippen LogP contribution in [0, 0.1) is 5.82 Å². The summed E-state index contributed by atoms with van der Waals surface area (Å²) in [5.74, 6) is 0.728. The number of nitrogens with zero attached hydrogens (tertiary/aromatic N) is 1. The van der Waals surface area contributed by atoms with Crippen LogP contribution in [0.4, 0.5) is 4.39 Å². The molecule has 1 aromatic carbocycles. The third-order valence-electron chi connectivity index (χ3n) is 2.63. The predicted molar refractivity (Wildman–Crippen MR) is 80.4 cm³/mol. The molecule has 106 valence electrons. The van der Waals surface area contributed by atoms with Crippen LogP contribution in [-0.4, -0.2) is 11.5 Å². The Bertz CT molecular complexity index is 578. The molecular formula is C15H16BrFN2O. The van der Waals surface area contributed by atoms with Crippen molar-refractivity contribution in [3.05, 3.63) is 52.4 Å². The van der Waals surface area contributed by atoms with E-state index >= 15 is 0 Å². The fraction of sp³-hybridized carbons (Fsp3) is 0.267. The number of hydrogen-bond donors (Lipinski definition) is 1. The molecule has 2 rings (SSSR count). The van der Waals surface area contributed by atoms with E-state index in [0.29, 0.717) is 22.6 Å². The zero-order valence-electron chi connectivity index (χ0n) is 11.2. The molecule has 0 atom stereocenters. The first-order chi connectivity index (χ1) is 9.69. The first kappa shape index (κ1) is 14.9. The van der Waals surface area contributed by atoms with Gasteiger partial charge in [-0.15, -0.1) is 0 Å². The van der Waals surface area contributed by atoms with Crippen LogP contribution in [0.15, 0.2) is 40.9 Å². The summed E-state index contributed by atoms with van der Waals surface area (Å²) in [6.07, 6.45) is 1.08. The highest BCUT2D eigenvalue weighted by atomic mass is 79.9. The number of benzene rings is 1. The van der Waals surface area contributed by atoms with Gasteiger partial charge in [-0.25, -0.2) is 9.37 Å². The Morgan fingerprint density at radius 3 is 2.90 bits per heavy atom. The lowest BCUT2D eigenvalue weighted by Gasteiger charge is -2.08. The largest absolute Gasteiger partial charge is 0.439 e. The lowest BCUT2D eigenvalue weighted by atomic mass is 10.3. The highest BCUT2D eigenvalue weighted by Crippen LogP contribution is 2.25. The van der Waals surface area contributed by atoms with Crippen LogP contribution in [-0.2, 0) is 6.54 Å². The Kier molecular flexibility index (Phi) is 5.49. The first-order valence-corrected chi connectivity index (χ1v) is 7.28. The molecule has 0 fully saturated rings. The van der Waals surface area contributed by atoms with E-state index in [1.165, 1.54) is 6.07 Å². The average Bonchev–Trinajstić information content (AvgIpc) is 2.44. The minimum Gasteiger partial charge on any atom is -0.439 e. The Morgan fingerprint density at radius 2 is 2.15 bits per heavy atom. The van der Waals surface area contributed by atoms with Crippen LogP contribution in [0.2, 0.25) is 0 Å². The van der Waals surface area contributed by atoms with Crippen molar-refractivity contribution in [3.8, 4) is 11.6 Å². The third-order valence-corrected chi connectivity index (χ3v) is 3.24. The molecule has 0 radical (unpaired) electrons.